The van der Waals surface area contributed by atoms with Gasteiger partial charge in [0.15, 0.2) is 0 Å². The molecule has 0 bridgehead atoms. The Balaban J connectivity index is 1.39. The topological polar surface area (TPSA) is 162 Å². The number of carboxylic acids is 1. The zero-order valence-electron chi connectivity index (χ0n) is 28.6. The van der Waals surface area contributed by atoms with Crippen LogP contribution in [0.4, 0.5) is 5.69 Å². The third-order valence-electron chi connectivity index (χ3n) is 8.00. The summed E-state index contributed by atoms with van der Waals surface area (Å²) in [5.74, 6) is -3.83. The Kier molecular flexibility index (Phi) is 16.9. The van der Waals surface area contributed by atoms with Crippen LogP contribution in [0.5, 0.6) is 0 Å². The second-order valence-corrected chi connectivity index (χ2v) is 11.9. The number of fused-ring (bicyclic) bond motifs is 1. The summed E-state index contributed by atoms with van der Waals surface area (Å²) in [6.45, 7) is 2.15. The highest BCUT2D eigenvalue weighted by Gasteiger charge is 2.40. The van der Waals surface area contributed by atoms with Gasteiger partial charge in [0.25, 0.3) is 5.91 Å². The van der Waals surface area contributed by atoms with Crippen molar-refractivity contribution in [2.45, 2.75) is 96.2 Å². The normalized spacial score (nSPS) is 17.2. The van der Waals surface area contributed by atoms with E-state index in [2.05, 4.69) is 77.6 Å². The lowest BCUT2D eigenvalue weighted by atomic mass is 10.0. The van der Waals surface area contributed by atoms with Crippen LogP contribution in [-0.2, 0) is 30.5 Å². The molecule has 0 aromatic heterocycles. The van der Waals surface area contributed by atoms with Gasteiger partial charge in [-0.05, 0) is 63.5 Å². The highest BCUT2D eigenvalue weighted by molar-refractivity contribution is 6.07. The molecule has 0 spiro atoms. The first-order chi connectivity index (χ1) is 24.2. The Bertz CT molecular complexity index is 1550. The van der Waals surface area contributed by atoms with Gasteiger partial charge in [-0.25, -0.2) is 0 Å². The van der Waals surface area contributed by atoms with E-state index < -0.39 is 54.0 Å². The van der Waals surface area contributed by atoms with Crippen molar-refractivity contribution in [3.8, 4) is 0 Å². The van der Waals surface area contributed by atoms with Gasteiger partial charge in [-0.15, -0.1) is 0 Å². The number of anilines is 1. The van der Waals surface area contributed by atoms with Crippen molar-refractivity contribution in [3.63, 3.8) is 0 Å². The number of benzene rings is 1. The summed E-state index contributed by atoms with van der Waals surface area (Å²) in [4.78, 5) is 75.7. The first kappa shape index (κ1) is 39.1. The number of rotatable bonds is 20. The summed E-state index contributed by atoms with van der Waals surface area (Å²) in [6, 6.07) is 2.54. The van der Waals surface area contributed by atoms with E-state index in [0.29, 0.717) is 24.0 Å². The lowest BCUT2D eigenvalue weighted by Crippen LogP contribution is -2.52. The molecule has 1 aromatic carbocycles. The number of imide groups is 1. The Morgan fingerprint density at radius 2 is 1.46 bits per heavy atom. The van der Waals surface area contributed by atoms with E-state index in [-0.39, 0.29) is 31.5 Å². The maximum absolute atomic E-state index is 13.2. The third-order valence-corrected chi connectivity index (χ3v) is 8.00. The highest BCUT2D eigenvalue weighted by atomic mass is 16.4. The van der Waals surface area contributed by atoms with E-state index in [9.17, 15) is 33.9 Å². The van der Waals surface area contributed by atoms with Gasteiger partial charge >= 0.3 is 5.97 Å². The maximum atomic E-state index is 13.2. The van der Waals surface area contributed by atoms with Gasteiger partial charge < -0.3 is 20.6 Å². The van der Waals surface area contributed by atoms with Crippen LogP contribution in [0.25, 0.3) is 0 Å². The fraction of sp³-hybridized carbons (Fsp3) is 0.385. The minimum Gasteiger partial charge on any atom is -0.481 e. The van der Waals surface area contributed by atoms with Crippen LogP contribution in [0.2, 0.25) is 0 Å². The van der Waals surface area contributed by atoms with Gasteiger partial charge in [-0.2, -0.15) is 0 Å². The van der Waals surface area contributed by atoms with Crippen LogP contribution < -0.4 is 16.0 Å². The molecular formula is C39H48N4O7. The Morgan fingerprint density at radius 1 is 0.880 bits per heavy atom. The molecule has 0 saturated carbocycles. The van der Waals surface area contributed by atoms with E-state index in [0.717, 1.165) is 32.1 Å². The van der Waals surface area contributed by atoms with Crippen LogP contribution in [0.3, 0.4) is 0 Å². The average Bonchev–Trinajstić information content (AvgIpc) is 3.41. The monoisotopic (exact) mass is 684 g/mol. The predicted molar refractivity (Wildman–Crippen MR) is 193 cm³/mol. The molecule has 50 heavy (non-hydrogen) atoms. The molecule has 1 aromatic rings. The molecule has 1 saturated heterocycles. The largest absolute Gasteiger partial charge is 0.481 e. The molecule has 0 aliphatic carbocycles. The lowest BCUT2D eigenvalue weighted by Gasteiger charge is -2.29. The average molecular weight is 685 g/mol. The summed E-state index contributed by atoms with van der Waals surface area (Å²) in [5.41, 5.74) is 1.04. The number of piperidine rings is 1. The van der Waals surface area contributed by atoms with Crippen LogP contribution in [0.1, 0.15) is 93.5 Å². The number of allylic oxidation sites excluding steroid dienone is 12. The Hall–Kier alpha value is -5.32. The molecule has 5 amide bonds. The highest BCUT2D eigenvalue weighted by Crippen LogP contribution is 2.32. The van der Waals surface area contributed by atoms with Crippen molar-refractivity contribution in [2.24, 2.45) is 0 Å². The Morgan fingerprint density at radius 3 is 2.02 bits per heavy atom. The van der Waals surface area contributed by atoms with Gasteiger partial charge in [-0.3, -0.25) is 34.1 Å². The quantitative estimate of drug-likeness (QED) is 0.0993. The molecule has 3 rings (SSSR count). The van der Waals surface area contributed by atoms with E-state index in [1.54, 1.807) is 18.2 Å². The Labute approximate surface area is 293 Å². The van der Waals surface area contributed by atoms with E-state index in [1.165, 1.54) is 4.90 Å². The van der Waals surface area contributed by atoms with Crippen molar-refractivity contribution in [3.05, 3.63) is 102 Å². The molecule has 1 fully saturated rings. The van der Waals surface area contributed by atoms with E-state index >= 15 is 0 Å². The number of carboxylic acid groups (broad SMARTS) is 1. The molecule has 2 aliphatic heterocycles. The molecule has 1 unspecified atom stereocenters. The standard InChI is InChI=1S/C39H48N4O7/c1-2-3-4-5-6-7-8-9-10-11-12-13-14-15-16-17-18-19-20-24-34(44)40-32(27-36(46)47)37(48)41-31-23-21-22-29-30(31)28-43(39(29)50)33-25-26-35(45)42-38(33)49/h3-4,6-7,9-10,12-13,15-16,18-19,21-23,32-33H,2,5,8,11,14,17,20,24-28H2,1H3,(H,40,44)(H,41,48)(H,46,47)(H,42,45,49)/b4-3-,7-6-,10-9-,13-12-,16-15-,19-18-/t32-,33?/m0/s1. The second-order valence-electron chi connectivity index (χ2n) is 11.9. The van der Waals surface area contributed by atoms with Gasteiger partial charge in [0.05, 0.1) is 6.42 Å². The number of carbonyl (C=O) groups excluding carboxylic acids is 5. The molecule has 2 heterocycles. The smallest absolute Gasteiger partial charge is 0.305 e. The number of amides is 5. The van der Waals surface area contributed by atoms with Crippen LogP contribution in [0, 0.1) is 0 Å². The number of nitrogens with one attached hydrogen (secondary N) is 3. The first-order valence-corrected chi connectivity index (χ1v) is 17.2. The number of nitrogens with zero attached hydrogens (tertiary/aromatic N) is 1. The van der Waals surface area contributed by atoms with Crippen LogP contribution >= 0.6 is 0 Å². The van der Waals surface area contributed by atoms with Crippen molar-refractivity contribution >= 4 is 41.2 Å². The van der Waals surface area contributed by atoms with Gasteiger partial charge in [0.2, 0.25) is 23.6 Å². The van der Waals surface area contributed by atoms with Crippen molar-refractivity contribution in [1.82, 2.24) is 15.5 Å². The predicted octanol–water partition coefficient (Wildman–Crippen LogP) is 5.82. The fourth-order valence-corrected chi connectivity index (χ4v) is 5.43. The number of hydrogen-bond acceptors (Lipinski definition) is 6. The molecule has 11 nitrogen and oxygen atoms in total. The fourth-order valence-electron chi connectivity index (χ4n) is 5.43. The number of aliphatic carboxylic acids is 1. The molecule has 266 valence electrons. The summed E-state index contributed by atoms with van der Waals surface area (Å²) >= 11 is 0. The molecule has 0 radical (unpaired) electrons. The zero-order valence-corrected chi connectivity index (χ0v) is 28.6. The van der Waals surface area contributed by atoms with Gasteiger partial charge in [0.1, 0.15) is 12.1 Å². The maximum Gasteiger partial charge on any atom is 0.305 e. The summed E-state index contributed by atoms with van der Waals surface area (Å²) in [7, 11) is 0. The number of carbonyl (C=O) groups is 6. The summed E-state index contributed by atoms with van der Waals surface area (Å²) in [5, 5.41) is 16.8. The molecule has 2 aliphatic rings. The van der Waals surface area contributed by atoms with Crippen LogP contribution in [0.15, 0.2) is 91.1 Å². The molecule has 4 N–H and O–H groups in total. The third kappa shape index (κ3) is 13.3. The number of hydrogen-bond donors (Lipinski definition) is 4. The van der Waals surface area contributed by atoms with Crippen molar-refractivity contribution in [1.29, 1.82) is 0 Å². The van der Waals surface area contributed by atoms with Gasteiger partial charge in [0, 0.05) is 36.2 Å². The molecular weight excluding hydrogens is 636 g/mol. The molecule has 2 atom stereocenters. The summed E-state index contributed by atoms with van der Waals surface area (Å²) < 4.78 is 0. The minimum absolute atomic E-state index is 0.0266. The van der Waals surface area contributed by atoms with E-state index in [1.807, 2.05) is 18.2 Å². The first-order valence-electron chi connectivity index (χ1n) is 17.2. The summed E-state index contributed by atoms with van der Waals surface area (Å²) in [6.07, 6.45) is 30.8. The van der Waals surface area contributed by atoms with Crippen LogP contribution in [-0.4, -0.2) is 57.6 Å². The van der Waals surface area contributed by atoms with Crippen molar-refractivity contribution < 1.29 is 33.9 Å². The lowest BCUT2D eigenvalue weighted by molar-refractivity contribution is -0.140. The SMILES string of the molecule is CC/C=C\C/C=C\C/C=C\C/C=C\C/C=C\C/C=C\CCC(=O)N[C@@H](CC(=O)O)C(=O)Nc1cccc2c1CN(C1CCC(=O)NC1=O)C2=O. The van der Waals surface area contributed by atoms with E-state index in [4.69, 9.17) is 0 Å². The second kappa shape index (κ2) is 21.6. The van der Waals surface area contributed by atoms with Gasteiger partial charge in [-0.1, -0.05) is 85.9 Å². The zero-order chi connectivity index (χ0) is 36.1. The van der Waals surface area contributed by atoms with Crippen molar-refractivity contribution in [2.75, 3.05) is 5.32 Å². The molecule has 11 heteroatoms. The minimum atomic E-state index is -1.34.